The first-order chi connectivity index (χ1) is 9.27. The van der Waals surface area contributed by atoms with Gasteiger partial charge in [0.1, 0.15) is 5.82 Å². The van der Waals surface area contributed by atoms with E-state index in [-0.39, 0.29) is 11.0 Å². The summed E-state index contributed by atoms with van der Waals surface area (Å²) >= 11 is 8.86. The van der Waals surface area contributed by atoms with E-state index in [1.165, 1.54) is 12.3 Å². The minimum Gasteiger partial charge on any atom is -0.339 e. The maximum absolute atomic E-state index is 12.7. The Morgan fingerprint density at radius 1 is 1.30 bits per heavy atom. The predicted octanol–water partition coefficient (Wildman–Crippen LogP) is 4.96. The van der Waals surface area contributed by atoms with Gasteiger partial charge in [-0.3, -0.25) is 0 Å². The van der Waals surface area contributed by atoms with Crippen molar-refractivity contribution in [2.75, 3.05) is 5.32 Å². The van der Waals surface area contributed by atoms with Crippen molar-refractivity contribution in [3.05, 3.63) is 45.3 Å². The first-order valence-corrected chi connectivity index (χ1v) is 6.57. The topological polar surface area (TPSA) is 37.8 Å². The second-order valence-electron chi connectivity index (χ2n) is 3.99. The first-order valence-electron chi connectivity index (χ1n) is 5.40. The molecule has 1 heterocycles. The predicted molar refractivity (Wildman–Crippen MR) is 74.2 cm³/mol. The van der Waals surface area contributed by atoms with Crippen molar-refractivity contribution in [1.82, 2.24) is 9.97 Å². The Morgan fingerprint density at radius 2 is 2.00 bits per heavy atom. The SMILES string of the molecule is Cc1cnc(Cl)nc1Nc1cc(C(F)(F)F)ccc1Br. The normalized spacial score (nSPS) is 11.5. The lowest BCUT2D eigenvalue weighted by atomic mass is 10.2. The van der Waals surface area contributed by atoms with Crippen molar-refractivity contribution in [2.24, 2.45) is 0 Å². The van der Waals surface area contributed by atoms with Crippen LogP contribution in [0.15, 0.2) is 28.9 Å². The number of anilines is 2. The molecule has 0 aliphatic heterocycles. The molecule has 0 saturated carbocycles. The van der Waals surface area contributed by atoms with E-state index in [9.17, 15) is 13.2 Å². The highest BCUT2D eigenvalue weighted by Gasteiger charge is 2.31. The number of halogens is 5. The van der Waals surface area contributed by atoms with E-state index >= 15 is 0 Å². The van der Waals surface area contributed by atoms with Crippen LogP contribution in [0.25, 0.3) is 0 Å². The number of hydrogen-bond donors (Lipinski definition) is 1. The molecule has 1 N–H and O–H groups in total. The number of rotatable bonds is 2. The number of aryl methyl sites for hydroxylation is 1. The summed E-state index contributed by atoms with van der Waals surface area (Å²) < 4.78 is 38.6. The number of aromatic nitrogens is 2. The van der Waals surface area contributed by atoms with E-state index in [0.717, 1.165) is 12.1 Å². The van der Waals surface area contributed by atoms with Crippen LogP contribution < -0.4 is 5.32 Å². The van der Waals surface area contributed by atoms with Gasteiger partial charge in [0.2, 0.25) is 5.28 Å². The van der Waals surface area contributed by atoms with Crippen LogP contribution in [0.2, 0.25) is 5.28 Å². The molecule has 1 aromatic carbocycles. The summed E-state index contributed by atoms with van der Waals surface area (Å²) in [6, 6.07) is 3.32. The summed E-state index contributed by atoms with van der Waals surface area (Å²) in [5.41, 5.74) is 0.164. The lowest BCUT2D eigenvalue weighted by molar-refractivity contribution is -0.137. The molecule has 0 bridgehead atoms. The van der Waals surface area contributed by atoms with Gasteiger partial charge >= 0.3 is 6.18 Å². The van der Waals surface area contributed by atoms with Crippen molar-refractivity contribution in [1.29, 1.82) is 0 Å². The molecular weight excluding hydrogens is 359 g/mol. The molecular formula is C12H8BrClF3N3. The Labute approximate surface area is 126 Å². The molecule has 2 aromatic rings. The smallest absolute Gasteiger partial charge is 0.339 e. The van der Waals surface area contributed by atoms with Crippen LogP contribution >= 0.6 is 27.5 Å². The highest BCUT2D eigenvalue weighted by Crippen LogP contribution is 2.35. The van der Waals surface area contributed by atoms with Crippen molar-refractivity contribution >= 4 is 39.0 Å². The maximum Gasteiger partial charge on any atom is 0.416 e. The highest BCUT2D eigenvalue weighted by molar-refractivity contribution is 9.10. The molecule has 0 spiro atoms. The number of nitrogens with zero attached hydrogens (tertiary/aromatic N) is 2. The molecule has 1 aromatic heterocycles. The van der Waals surface area contributed by atoms with Crippen LogP contribution in [0.3, 0.4) is 0 Å². The zero-order valence-electron chi connectivity index (χ0n) is 10.1. The average Bonchev–Trinajstić information content (AvgIpc) is 2.35. The van der Waals surface area contributed by atoms with E-state index < -0.39 is 11.7 Å². The Kier molecular flexibility index (Phi) is 4.19. The van der Waals surface area contributed by atoms with Gasteiger partial charge in [-0.15, -0.1) is 0 Å². The number of benzene rings is 1. The van der Waals surface area contributed by atoms with Gasteiger partial charge in [-0.25, -0.2) is 9.97 Å². The fourth-order valence-electron chi connectivity index (χ4n) is 1.47. The quantitative estimate of drug-likeness (QED) is 0.763. The summed E-state index contributed by atoms with van der Waals surface area (Å²) in [6.07, 6.45) is -2.92. The average molecular weight is 367 g/mol. The van der Waals surface area contributed by atoms with Gasteiger partial charge in [-0.2, -0.15) is 13.2 Å². The third-order valence-corrected chi connectivity index (χ3v) is 3.36. The molecule has 3 nitrogen and oxygen atoms in total. The molecule has 0 fully saturated rings. The van der Waals surface area contributed by atoms with E-state index in [4.69, 9.17) is 11.6 Å². The van der Waals surface area contributed by atoms with Gasteiger partial charge in [-0.1, -0.05) is 0 Å². The summed E-state index contributed by atoms with van der Waals surface area (Å²) in [6.45, 7) is 1.72. The van der Waals surface area contributed by atoms with Gasteiger partial charge in [0, 0.05) is 16.2 Å². The molecule has 8 heteroatoms. The minimum absolute atomic E-state index is 0.0150. The summed E-state index contributed by atoms with van der Waals surface area (Å²) in [4.78, 5) is 7.72. The lowest BCUT2D eigenvalue weighted by Gasteiger charge is -2.13. The van der Waals surface area contributed by atoms with Crippen LogP contribution in [0, 0.1) is 6.92 Å². The second kappa shape index (κ2) is 5.57. The van der Waals surface area contributed by atoms with E-state index in [0.29, 0.717) is 15.9 Å². The van der Waals surface area contributed by atoms with Crippen molar-refractivity contribution in [3.8, 4) is 0 Å². The van der Waals surface area contributed by atoms with Gasteiger partial charge in [0.15, 0.2) is 0 Å². The lowest BCUT2D eigenvalue weighted by Crippen LogP contribution is -2.06. The Morgan fingerprint density at radius 3 is 2.65 bits per heavy atom. The monoisotopic (exact) mass is 365 g/mol. The number of alkyl halides is 3. The Balaban J connectivity index is 2.40. The highest BCUT2D eigenvalue weighted by atomic mass is 79.9. The van der Waals surface area contributed by atoms with E-state index in [2.05, 4.69) is 31.2 Å². The molecule has 0 atom stereocenters. The number of hydrogen-bond acceptors (Lipinski definition) is 3. The summed E-state index contributed by atoms with van der Waals surface area (Å²) in [5, 5.41) is 2.83. The summed E-state index contributed by atoms with van der Waals surface area (Å²) in [7, 11) is 0. The Hall–Kier alpha value is -1.34. The van der Waals surface area contributed by atoms with Crippen LogP contribution in [-0.4, -0.2) is 9.97 Å². The Bertz CT molecular complexity index is 646. The minimum atomic E-state index is -4.41. The molecule has 0 amide bonds. The van der Waals surface area contributed by atoms with Crippen LogP contribution in [0.5, 0.6) is 0 Å². The third kappa shape index (κ3) is 3.40. The van der Waals surface area contributed by atoms with Crippen LogP contribution in [0.4, 0.5) is 24.7 Å². The van der Waals surface area contributed by atoms with Crippen molar-refractivity contribution in [2.45, 2.75) is 13.1 Å². The molecule has 0 aliphatic carbocycles. The fourth-order valence-corrected chi connectivity index (χ4v) is 1.95. The standard InChI is InChI=1S/C12H8BrClF3N3/c1-6-5-18-11(14)20-10(6)19-9-4-7(12(15,16)17)2-3-8(9)13/h2-5H,1H3,(H,18,19,20). The zero-order chi connectivity index (χ0) is 14.9. The van der Waals surface area contributed by atoms with Gasteiger partial charge in [0.05, 0.1) is 11.3 Å². The van der Waals surface area contributed by atoms with Crippen molar-refractivity contribution in [3.63, 3.8) is 0 Å². The molecule has 106 valence electrons. The molecule has 0 aliphatic rings. The number of nitrogens with one attached hydrogen (secondary N) is 1. The third-order valence-electron chi connectivity index (χ3n) is 2.49. The first kappa shape index (κ1) is 15.1. The van der Waals surface area contributed by atoms with E-state index in [1.54, 1.807) is 6.92 Å². The van der Waals surface area contributed by atoms with E-state index in [1.807, 2.05) is 0 Å². The van der Waals surface area contributed by atoms with Crippen LogP contribution in [0.1, 0.15) is 11.1 Å². The van der Waals surface area contributed by atoms with Crippen LogP contribution in [-0.2, 0) is 6.18 Å². The molecule has 0 saturated heterocycles. The maximum atomic E-state index is 12.7. The second-order valence-corrected chi connectivity index (χ2v) is 5.18. The van der Waals surface area contributed by atoms with Gasteiger partial charge < -0.3 is 5.32 Å². The largest absolute Gasteiger partial charge is 0.416 e. The van der Waals surface area contributed by atoms with Gasteiger partial charge in [-0.05, 0) is 52.7 Å². The molecule has 0 radical (unpaired) electrons. The molecule has 2 rings (SSSR count). The molecule has 0 unspecified atom stereocenters. The fraction of sp³-hybridized carbons (Fsp3) is 0.167. The summed E-state index contributed by atoms with van der Waals surface area (Å²) in [5.74, 6) is 0.352. The van der Waals surface area contributed by atoms with Gasteiger partial charge in [0.25, 0.3) is 0 Å². The molecule has 20 heavy (non-hydrogen) atoms. The van der Waals surface area contributed by atoms with Crippen molar-refractivity contribution < 1.29 is 13.2 Å². The zero-order valence-corrected chi connectivity index (χ0v) is 12.4.